The van der Waals surface area contributed by atoms with Gasteiger partial charge in [-0.3, -0.25) is 0 Å². The van der Waals surface area contributed by atoms with E-state index in [1.165, 1.54) is 0 Å². The van der Waals surface area contributed by atoms with Gasteiger partial charge in [0.25, 0.3) is 0 Å². The first-order valence-electron chi connectivity index (χ1n) is 8.37. The second-order valence-electron chi connectivity index (χ2n) is 6.14. The summed E-state index contributed by atoms with van der Waals surface area (Å²) in [7, 11) is 5.40. The Morgan fingerprint density at radius 2 is 1.68 bits per heavy atom. The normalized spacial score (nSPS) is 15.1. The van der Waals surface area contributed by atoms with E-state index in [-0.39, 0.29) is 0 Å². The van der Waals surface area contributed by atoms with Gasteiger partial charge in [-0.25, -0.2) is 9.97 Å². The molecule has 7 nitrogen and oxygen atoms in total. The van der Waals surface area contributed by atoms with E-state index < -0.39 is 0 Å². The molecule has 0 amide bonds. The number of rotatable bonds is 5. The van der Waals surface area contributed by atoms with E-state index in [1.54, 1.807) is 14.2 Å². The fourth-order valence-electron chi connectivity index (χ4n) is 2.88. The monoisotopic (exact) mass is 343 g/mol. The highest BCUT2D eigenvalue weighted by molar-refractivity contribution is 5.63. The molecule has 0 atom stereocenters. The van der Waals surface area contributed by atoms with Gasteiger partial charge >= 0.3 is 0 Å². The lowest BCUT2D eigenvalue weighted by molar-refractivity contribution is 0.312. The molecule has 25 heavy (non-hydrogen) atoms. The maximum absolute atomic E-state index is 5.36. The Hall–Kier alpha value is -2.54. The van der Waals surface area contributed by atoms with Crippen molar-refractivity contribution in [3.05, 3.63) is 30.1 Å². The number of nitrogens with zero attached hydrogens (tertiary/aromatic N) is 4. The number of hydrogen-bond donors (Lipinski definition) is 1. The standard InChI is InChI=1S/C18H25N5O2/c1-13-19-17(12-18(20-13)23-9-7-22(2)8-10-23)21-14-5-6-15(24-3)16(11-14)25-4/h5-6,11-12H,7-10H2,1-4H3,(H,19,20,21). The van der Waals surface area contributed by atoms with Gasteiger partial charge in [0, 0.05) is 44.0 Å². The van der Waals surface area contributed by atoms with Crippen molar-refractivity contribution in [1.82, 2.24) is 14.9 Å². The van der Waals surface area contributed by atoms with Crippen LogP contribution >= 0.6 is 0 Å². The number of benzene rings is 1. The van der Waals surface area contributed by atoms with Gasteiger partial charge < -0.3 is 24.6 Å². The van der Waals surface area contributed by atoms with Gasteiger partial charge in [-0.15, -0.1) is 0 Å². The van der Waals surface area contributed by atoms with Crippen LogP contribution in [0.5, 0.6) is 11.5 Å². The molecule has 0 unspecified atom stereocenters. The number of aryl methyl sites for hydroxylation is 1. The third-order valence-corrected chi connectivity index (χ3v) is 4.31. The number of nitrogens with one attached hydrogen (secondary N) is 1. The minimum absolute atomic E-state index is 0.678. The zero-order chi connectivity index (χ0) is 17.8. The summed E-state index contributed by atoms with van der Waals surface area (Å²) in [5.41, 5.74) is 0.889. The average molecular weight is 343 g/mol. The molecule has 1 aromatic carbocycles. The van der Waals surface area contributed by atoms with E-state index in [9.17, 15) is 0 Å². The quantitative estimate of drug-likeness (QED) is 0.894. The predicted molar refractivity (Wildman–Crippen MR) is 99.3 cm³/mol. The van der Waals surface area contributed by atoms with Gasteiger partial charge in [-0.05, 0) is 26.1 Å². The maximum Gasteiger partial charge on any atom is 0.162 e. The maximum atomic E-state index is 5.36. The molecule has 1 aromatic heterocycles. The Morgan fingerprint density at radius 3 is 2.36 bits per heavy atom. The Morgan fingerprint density at radius 1 is 0.960 bits per heavy atom. The van der Waals surface area contributed by atoms with Crippen molar-refractivity contribution in [1.29, 1.82) is 0 Å². The molecule has 0 saturated carbocycles. The van der Waals surface area contributed by atoms with Crippen molar-refractivity contribution in [2.45, 2.75) is 6.92 Å². The van der Waals surface area contributed by atoms with Crippen molar-refractivity contribution in [3.8, 4) is 11.5 Å². The van der Waals surface area contributed by atoms with Gasteiger partial charge in [0.2, 0.25) is 0 Å². The first-order valence-corrected chi connectivity index (χ1v) is 8.37. The zero-order valence-electron chi connectivity index (χ0n) is 15.2. The van der Waals surface area contributed by atoms with Crippen molar-refractivity contribution < 1.29 is 9.47 Å². The van der Waals surface area contributed by atoms with Crippen LogP contribution in [-0.2, 0) is 0 Å². The van der Waals surface area contributed by atoms with Crippen LogP contribution in [0.1, 0.15) is 5.82 Å². The van der Waals surface area contributed by atoms with Crippen molar-refractivity contribution in [2.75, 3.05) is 57.7 Å². The van der Waals surface area contributed by atoms with Gasteiger partial charge in [-0.2, -0.15) is 0 Å². The summed E-state index contributed by atoms with van der Waals surface area (Å²) < 4.78 is 10.6. The van der Waals surface area contributed by atoms with Crippen LogP contribution in [0.25, 0.3) is 0 Å². The number of ether oxygens (including phenoxy) is 2. The summed E-state index contributed by atoms with van der Waals surface area (Å²) in [4.78, 5) is 13.7. The zero-order valence-corrected chi connectivity index (χ0v) is 15.2. The highest BCUT2D eigenvalue weighted by atomic mass is 16.5. The Labute approximate surface area is 148 Å². The van der Waals surface area contributed by atoms with Gasteiger partial charge in [0.05, 0.1) is 14.2 Å². The molecule has 0 spiro atoms. The number of piperazine rings is 1. The van der Waals surface area contributed by atoms with E-state index in [4.69, 9.17) is 9.47 Å². The molecule has 1 aliphatic heterocycles. The number of hydrogen-bond acceptors (Lipinski definition) is 7. The molecule has 3 rings (SSSR count). The van der Waals surface area contributed by atoms with Crippen LogP contribution < -0.4 is 19.7 Å². The van der Waals surface area contributed by atoms with Gasteiger partial charge in [0.1, 0.15) is 17.5 Å². The van der Waals surface area contributed by atoms with Crippen LogP contribution in [0.4, 0.5) is 17.3 Å². The summed E-state index contributed by atoms with van der Waals surface area (Å²) in [6.45, 7) is 5.95. The Bertz CT molecular complexity index is 729. The molecule has 1 saturated heterocycles. The second kappa shape index (κ2) is 7.57. The first kappa shape index (κ1) is 17.3. The molecule has 0 radical (unpaired) electrons. The largest absolute Gasteiger partial charge is 0.493 e. The molecule has 0 aliphatic carbocycles. The number of anilines is 3. The van der Waals surface area contributed by atoms with E-state index >= 15 is 0 Å². The predicted octanol–water partition coefficient (Wildman–Crippen LogP) is 2.30. The summed E-state index contributed by atoms with van der Waals surface area (Å²) in [5.74, 6) is 3.86. The lowest BCUT2D eigenvalue weighted by Gasteiger charge is -2.33. The lowest BCUT2D eigenvalue weighted by Crippen LogP contribution is -2.44. The summed E-state index contributed by atoms with van der Waals surface area (Å²) in [5, 5.41) is 3.34. The molecule has 2 aromatic rings. The molecular weight excluding hydrogens is 318 g/mol. The van der Waals surface area contributed by atoms with Crippen LogP contribution in [0, 0.1) is 6.92 Å². The number of methoxy groups -OCH3 is 2. The molecule has 1 N–H and O–H groups in total. The lowest BCUT2D eigenvalue weighted by atomic mass is 10.2. The van der Waals surface area contributed by atoms with Crippen LogP contribution in [0.3, 0.4) is 0 Å². The summed E-state index contributed by atoms with van der Waals surface area (Å²) in [6, 6.07) is 7.70. The number of likely N-dealkylation sites (N-methyl/N-ethyl adjacent to an activating group) is 1. The molecule has 1 fully saturated rings. The highest BCUT2D eigenvalue weighted by Crippen LogP contribution is 2.31. The molecular formula is C18H25N5O2. The van der Waals surface area contributed by atoms with Gasteiger partial charge in [0.15, 0.2) is 11.5 Å². The van der Waals surface area contributed by atoms with E-state index in [1.807, 2.05) is 31.2 Å². The Kier molecular flexibility index (Phi) is 5.23. The minimum Gasteiger partial charge on any atom is -0.493 e. The van der Waals surface area contributed by atoms with E-state index in [0.717, 1.165) is 49.3 Å². The smallest absolute Gasteiger partial charge is 0.162 e. The summed E-state index contributed by atoms with van der Waals surface area (Å²) >= 11 is 0. The second-order valence-corrected chi connectivity index (χ2v) is 6.14. The van der Waals surface area contributed by atoms with Gasteiger partial charge in [-0.1, -0.05) is 0 Å². The molecule has 0 bridgehead atoms. The third kappa shape index (κ3) is 4.11. The van der Waals surface area contributed by atoms with Crippen LogP contribution in [0.2, 0.25) is 0 Å². The van der Waals surface area contributed by atoms with Crippen molar-refractivity contribution in [3.63, 3.8) is 0 Å². The fraction of sp³-hybridized carbons (Fsp3) is 0.444. The van der Waals surface area contributed by atoms with Crippen molar-refractivity contribution >= 4 is 17.3 Å². The van der Waals surface area contributed by atoms with Crippen LogP contribution in [-0.4, -0.2) is 62.3 Å². The SMILES string of the molecule is COc1ccc(Nc2cc(N3CCN(C)CC3)nc(C)n2)cc1OC. The average Bonchev–Trinajstić information content (AvgIpc) is 2.61. The molecule has 1 aliphatic rings. The first-order chi connectivity index (χ1) is 12.1. The van der Waals surface area contributed by atoms with E-state index in [0.29, 0.717) is 11.5 Å². The number of aromatic nitrogens is 2. The molecule has 134 valence electrons. The molecule has 2 heterocycles. The summed E-state index contributed by atoms with van der Waals surface area (Å²) in [6.07, 6.45) is 0. The highest BCUT2D eigenvalue weighted by Gasteiger charge is 2.16. The fourth-order valence-corrected chi connectivity index (χ4v) is 2.88. The minimum atomic E-state index is 0.678. The molecule has 7 heteroatoms. The van der Waals surface area contributed by atoms with E-state index in [2.05, 4.69) is 32.1 Å². The van der Waals surface area contributed by atoms with Crippen molar-refractivity contribution in [2.24, 2.45) is 0 Å². The third-order valence-electron chi connectivity index (χ3n) is 4.31. The Balaban J connectivity index is 1.81. The van der Waals surface area contributed by atoms with Crippen LogP contribution in [0.15, 0.2) is 24.3 Å². The topological polar surface area (TPSA) is 62.8 Å².